The fourth-order valence-corrected chi connectivity index (χ4v) is 4.88. The Hall–Kier alpha value is -3.89. The summed E-state index contributed by atoms with van der Waals surface area (Å²) in [5.41, 5.74) is 6.31. The first-order valence-corrected chi connectivity index (χ1v) is 13.4. The Bertz CT molecular complexity index is 1500. The zero-order valence-electron chi connectivity index (χ0n) is 23.4. The number of thiazole rings is 1. The van der Waals surface area contributed by atoms with Crippen molar-refractivity contribution in [1.82, 2.24) is 24.9 Å². The van der Waals surface area contributed by atoms with Crippen LogP contribution in [0.25, 0.3) is 16.3 Å². The van der Waals surface area contributed by atoms with Crippen LogP contribution in [0.3, 0.4) is 0 Å². The molecule has 0 aliphatic heterocycles. The molecule has 204 valence electrons. The SMILES string of the molecule is COC(=O)Nc1ncc(-c2cn(-c3cc(CC(=O)c4cc(CN(C)C)cc(C(C)(C)C)c4)ccc3C)nn2)s1. The van der Waals surface area contributed by atoms with Crippen LogP contribution in [-0.2, 0) is 23.1 Å². The van der Waals surface area contributed by atoms with E-state index in [0.29, 0.717) is 10.8 Å². The maximum atomic E-state index is 13.5. The van der Waals surface area contributed by atoms with Crippen molar-refractivity contribution in [3.05, 3.63) is 76.6 Å². The second-order valence-electron chi connectivity index (χ2n) is 10.8. The molecule has 10 heteroatoms. The summed E-state index contributed by atoms with van der Waals surface area (Å²) < 4.78 is 6.31. The average molecular weight is 547 g/mol. The number of aryl methyl sites for hydroxylation is 1. The summed E-state index contributed by atoms with van der Waals surface area (Å²) in [6, 6.07) is 12.2. The van der Waals surface area contributed by atoms with Gasteiger partial charge in [0.1, 0.15) is 5.69 Å². The number of nitrogens with zero attached hydrogens (tertiary/aromatic N) is 5. The van der Waals surface area contributed by atoms with Crippen molar-refractivity contribution in [3.63, 3.8) is 0 Å². The molecule has 0 atom stereocenters. The minimum atomic E-state index is -0.583. The third kappa shape index (κ3) is 6.96. The van der Waals surface area contributed by atoms with E-state index in [1.54, 1.807) is 10.9 Å². The van der Waals surface area contributed by atoms with E-state index in [2.05, 4.69) is 57.1 Å². The van der Waals surface area contributed by atoms with Gasteiger partial charge in [0.15, 0.2) is 10.9 Å². The van der Waals surface area contributed by atoms with Gasteiger partial charge in [0.2, 0.25) is 0 Å². The Morgan fingerprint density at radius 2 is 1.87 bits per heavy atom. The van der Waals surface area contributed by atoms with Gasteiger partial charge in [-0.2, -0.15) is 0 Å². The zero-order chi connectivity index (χ0) is 28.3. The summed E-state index contributed by atoms with van der Waals surface area (Å²) in [4.78, 5) is 32.0. The molecule has 1 N–H and O–H groups in total. The predicted molar refractivity (Wildman–Crippen MR) is 154 cm³/mol. The van der Waals surface area contributed by atoms with Crippen LogP contribution in [0.15, 0.2) is 48.8 Å². The van der Waals surface area contributed by atoms with E-state index in [0.717, 1.165) is 44.9 Å². The number of amides is 1. The Kier molecular flexibility index (Phi) is 8.27. The van der Waals surface area contributed by atoms with Crippen molar-refractivity contribution in [2.24, 2.45) is 0 Å². The molecule has 0 bridgehead atoms. The smallest absolute Gasteiger partial charge is 0.413 e. The molecule has 39 heavy (non-hydrogen) atoms. The number of methoxy groups -OCH3 is 1. The maximum Gasteiger partial charge on any atom is 0.413 e. The van der Waals surface area contributed by atoms with Crippen LogP contribution in [-0.4, -0.2) is 58.0 Å². The fourth-order valence-electron chi connectivity index (χ4n) is 4.12. The summed E-state index contributed by atoms with van der Waals surface area (Å²) in [7, 11) is 5.36. The molecule has 0 saturated heterocycles. The van der Waals surface area contributed by atoms with E-state index < -0.39 is 6.09 Å². The summed E-state index contributed by atoms with van der Waals surface area (Å²) in [5, 5.41) is 11.6. The van der Waals surface area contributed by atoms with Crippen LogP contribution in [0.4, 0.5) is 9.93 Å². The third-order valence-corrected chi connectivity index (χ3v) is 7.15. The number of anilines is 1. The number of ether oxygens (including phenoxy) is 1. The molecule has 0 saturated carbocycles. The van der Waals surface area contributed by atoms with E-state index >= 15 is 0 Å². The third-order valence-electron chi connectivity index (χ3n) is 6.21. The lowest BCUT2D eigenvalue weighted by molar-refractivity contribution is 0.0992. The first-order chi connectivity index (χ1) is 18.4. The molecule has 2 aromatic carbocycles. The minimum Gasteiger partial charge on any atom is -0.453 e. The topological polar surface area (TPSA) is 102 Å². The molecule has 0 aliphatic rings. The normalized spacial score (nSPS) is 11.6. The van der Waals surface area contributed by atoms with E-state index in [4.69, 9.17) is 0 Å². The number of nitrogens with one attached hydrogen (secondary N) is 1. The van der Waals surface area contributed by atoms with E-state index in [1.165, 1.54) is 18.4 Å². The second kappa shape index (κ2) is 11.5. The van der Waals surface area contributed by atoms with Crippen molar-refractivity contribution >= 4 is 28.3 Å². The molecule has 0 aliphatic carbocycles. The molecule has 0 spiro atoms. The quantitative estimate of drug-likeness (QED) is 0.284. The lowest BCUT2D eigenvalue weighted by atomic mass is 9.84. The molecular formula is C29H34N6O3S. The first-order valence-electron chi connectivity index (χ1n) is 12.6. The van der Waals surface area contributed by atoms with Crippen LogP contribution in [0.5, 0.6) is 0 Å². The number of aromatic nitrogens is 4. The van der Waals surface area contributed by atoms with E-state index in [9.17, 15) is 9.59 Å². The van der Waals surface area contributed by atoms with Crippen molar-refractivity contribution in [3.8, 4) is 16.3 Å². The summed E-state index contributed by atoms with van der Waals surface area (Å²) in [5.74, 6) is 0.0745. The second-order valence-corrected chi connectivity index (χ2v) is 11.9. The highest BCUT2D eigenvalue weighted by Crippen LogP contribution is 2.29. The van der Waals surface area contributed by atoms with E-state index in [-0.39, 0.29) is 17.6 Å². The molecule has 0 fully saturated rings. The van der Waals surface area contributed by atoms with Gasteiger partial charge in [-0.1, -0.05) is 55.5 Å². The molecule has 0 radical (unpaired) electrons. The monoisotopic (exact) mass is 546 g/mol. The lowest BCUT2D eigenvalue weighted by Crippen LogP contribution is -2.16. The van der Waals surface area contributed by atoms with Gasteiger partial charge >= 0.3 is 6.09 Å². The van der Waals surface area contributed by atoms with Gasteiger partial charge in [0, 0.05) is 24.7 Å². The molecule has 2 aromatic heterocycles. The molecular weight excluding hydrogens is 512 g/mol. The van der Waals surface area contributed by atoms with Crippen LogP contribution in [0, 0.1) is 6.92 Å². The van der Waals surface area contributed by atoms with Gasteiger partial charge in [-0.05, 0) is 66.9 Å². The Morgan fingerprint density at radius 1 is 1.10 bits per heavy atom. The summed E-state index contributed by atoms with van der Waals surface area (Å²) in [6.07, 6.45) is 3.13. The zero-order valence-corrected chi connectivity index (χ0v) is 24.2. The summed E-state index contributed by atoms with van der Waals surface area (Å²) >= 11 is 1.27. The van der Waals surface area contributed by atoms with Crippen LogP contribution < -0.4 is 5.32 Å². The number of rotatable bonds is 8. The first kappa shape index (κ1) is 28.1. The van der Waals surface area contributed by atoms with Crippen molar-refractivity contribution < 1.29 is 14.3 Å². The van der Waals surface area contributed by atoms with Crippen molar-refractivity contribution in [1.29, 1.82) is 0 Å². The van der Waals surface area contributed by atoms with Gasteiger partial charge < -0.3 is 9.64 Å². The number of hydrogen-bond donors (Lipinski definition) is 1. The number of carbonyl (C=O) groups is 2. The maximum absolute atomic E-state index is 13.5. The number of ketones is 1. The average Bonchev–Trinajstić information content (AvgIpc) is 3.54. The standard InChI is InChI=1S/C29H34N6O3S/c1-18-8-9-19(13-25(36)21-10-20(16-34(5)6)11-22(14-21)29(2,3)4)12-24(18)35-17-23(32-33-35)26-15-30-27(39-26)31-28(37)38-7/h8-12,14-15,17H,13,16H2,1-7H3,(H,30,31,37). The van der Waals surface area contributed by atoms with Gasteiger partial charge in [0.25, 0.3) is 0 Å². The number of carbonyl (C=O) groups excluding carboxylic acids is 2. The molecule has 2 heterocycles. The molecule has 4 rings (SSSR count). The van der Waals surface area contributed by atoms with Gasteiger partial charge in [-0.3, -0.25) is 10.1 Å². The van der Waals surface area contributed by atoms with Gasteiger partial charge in [0.05, 0.1) is 23.9 Å². The fraction of sp³-hybridized carbons (Fsp3) is 0.345. The number of Topliss-reactive ketones (excluding diaryl/α,β-unsaturated/α-hetero) is 1. The predicted octanol–water partition coefficient (Wildman–Crippen LogP) is 5.66. The molecule has 0 unspecified atom stereocenters. The largest absolute Gasteiger partial charge is 0.453 e. The highest BCUT2D eigenvalue weighted by Gasteiger charge is 2.19. The van der Waals surface area contributed by atoms with Crippen LogP contribution in [0.1, 0.15) is 53.4 Å². The van der Waals surface area contributed by atoms with Crippen molar-refractivity contribution in [2.45, 2.75) is 46.1 Å². The summed E-state index contributed by atoms with van der Waals surface area (Å²) in [6.45, 7) is 9.26. The highest BCUT2D eigenvalue weighted by atomic mass is 32.1. The van der Waals surface area contributed by atoms with Gasteiger partial charge in [-0.15, -0.1) is 5.10 Å². The number of hydrogen-bond acceptors (Lipinski definition) is 8. The molecule has 1 amide bonds. The Balaban J connectivity index is 1.57. The molecule has 4 aromatic rings. The Labute approximate surface area is 232 Å². The highest BCUT2D eigenvalue weighted by molar-refractivity contribution is 7.19. The lowest BCUT2D eigenvalue weighted by Gasteiger charge is -2.22. The molecule has 9 nitrogen and oxygen atoms in total. The van der Waals surface area contributed by atoms with Crippen LogP contribution >= 0.6 is 11.3 Å². The number of benzene rings is 2. The van der Waals surface area contributed by atoms with Gasteiger partial charge in [-0.25, -0.2) is 14.5 Å². The van der Waals surface area contributed by atoms with Crippen LogP contribution in [0.2, 0.25) is 0 Å². The minimum absolute atomic E-state index is 0.0621. The van der Waals surface area contributed by atoms with Crippen molar-refractivity contribution in [2.75, 3.05) is 26.5 Å². The van der Waals surface area contributed by atoms with E-state index in [1.807, 2.05) is 57.5 Å². The Morgan fingerprint density at radius 3 is 2.56 bits per heavy atom.